The summed E-state index contributed by atoms with van der Waals surface area (Å²) < 4.78 is 1.22. The molecule has 0 bridgehead atoms. The van der Waals surface area contributed by atoms with Crippen LogP contribution < -0.4 is 5.56 Å². The highest BCUT2D eigenvalue weighted by Gasteiger charge is 2.17. The maximum Gasteiger partial charge on any atom is 0.285 e. The monoisotopic (exact) mass is 339 g/mol. The van der Waals surface area contributed by atoms with Crippen molar-refractivity contribution in [3.63, 3.8) is 0 Å². The molecular formula is C20H25N3O2. The highest BCUT2D eigenvalue weighted by Crippen LogP contribution is 2.20. The molecule has 0 aliphatic carbocycles. The van der Waals surface area contributed by atoms with Gasteiger partial charge in [-0.3, -0.25) is 4.79 Å². The zero-order valence-electron chi connectivity index (χ0n) is 15.3. The molecule has 1 N–H and O–H groups in total. The number of hydrogen-bond acceptors (Lipinski definition) is 4. The maximum atomic E-state index is 12.5. The van der Waals surface area contributed by atoms with E-state index >= 15 is 0 Å². The Labute approximate surface area is 148 Å². The molecule has 0 saturated heterocycles. The van der Waals surface area contributed by atoms with Crippen LogP contribution in [0.4, 0.5) is 0 Å². The molecule has 1 aromatic heterocycles. The van der Waals surface area contributed by atoms with Crippen molar-refractivity contribution in [1.29, 1.82) is 5.26 Å². The van der Waals surface area contributed by atoms with Crippen molar-refractivity contribution in [2.75, 3.05) is 0 Å². The van der Waals surface area contributed by atoms with E-state index in [1.54, 1.807) is 0 Å². The first kappa shape index (κ1) is 18.9. The summed E-state index contributed by atoms with van der Waals surface area (Å²) in [6.45, 7) is 8.11. The smallest absolute Gasteiger partial charge is 0.285 e. The molecule has 0 spiro atoms. The summed E-state index contributed by atoms with van der Waals surface area (Å²) in [5.41, 5.74) is 3.07. The number of aliphatic hydroxyl groups excluding tert-OH is 1. The Bertz CT molecular complexity index is 830. The van der Waals surface area contributed by atoms with Crippen molar-refractivity contribution in [2.24, 2.45) is 0 Å². The Morgan fingerprint density at radius 1 is 1.16 bits per heavy atom. The van der Waals surface area contributed by atoms with Gasteiger partial charge in [0, 0.05) is 0 Å². The summed E-state index contributed by atoms with van der Waals surface area (Å²) in [4.78, 5) is 12.5. The summed E-state index contributed by atoms with van der Waals surface area (Å²) in [6.07, 6.45) is 0.376. The van der Waals surface area contributed by atoms with Crippen LogP contribution in [-0.2, 0) is 19.4 Å². The molecule has 25 heavy (non-hydrogen) atoms. The van der Waals surface area contributed by atoms with Gasteiger partial charge in [0.15, 0.2) is 0 Å². The summed E-state index contributed by atoms with van der Waals surface area (Å²) >= 11 is 0. The predicted octanol–water partition coefficient (Wildman–Crippen LogP) is 3.10. The molecule has 5 nitrogen and oxygen atoms in total. The van der Waals surface area contributed by atoms with E-state index in [4.69, 9.17) is 0 Å². The third-order valence-electron chi connectivity index (χ3n) is 4.47. The van der Waals surface area contributed by atoms with Gasteiger partial charge in [-0.15, -0.1) is 0 Å². The van der Waals surface area contributed by atoms with Gasteiger partial charge in [-0.1, -0.05) is 52.0 Å². The third kappa shape index (κ3) is 3.97. The molecule has 0 amide bonds. The summed E-state index contributed by atoms with van der Waals surface area (Å²) in [5, 5.41) is 24.2. The van der Waals surface area contributed by atoms with Gasteiger partial charge in [0.05, 0.1) is 18.3 Å². The van der Waals surface area contributed by atoms with Gasteiger partial charge in [0.25, 0.3) is 5.56 Å². The Morgan fingerprint density at radius 3 is 2.24 bits per heavy atom. The van der Waals surface area contributed by atoms with Crippen LogP contribution in [0.2, 0.25) is 0 Å². The van der Waals surface area contributed by atoms with Crippen LogP contribution in [0.15, 0.2) is 29.1 Å². The fourth-order valence-corrected chi connectivity index (χ4v) is 2.93. The van der Waals surface area contributed by atoms with Gasteiger partial charge < -0.3 is 5.11 Å². The quantitative estimate of drug-likeness (QED) is 0.877. The lowest BCUT2D eigenvalue weighted by atomic mass is 10.00. The van der Waals surface area contributed by atoms with Crippen LogP contribution in [0.5, 0.6) is 0 Å². The van der Waals surface area contributed by atoms with E-state index in [1.165, 1.54) is 10.2 Å². The van der Waals surface area contributed by atoms with Crippen molar-refractivity contribution in [3.05, 3.63) is 62.6 Å². The SMILES string of the molecule is CCc1nn(C[C@@H](O)c2ccc(C(C)C)cc2)c(=O)c(C#N)c1CC. The maximum absolute atomic E-state index is 12.5. The zero-order chi connectivity index (χ0) is 18.6. The number of aromatic nitrogens is 2. The molecule has 0 saturated carbocycles. The Balaban J connectivity index is 2.36. The number of hydrogen-bond donors (Lipinski definition) is 1. The van der Waals surface area contributed by atoms with Crippen LogP contribution in [0.25, 0.3) is 0 Å². The topological polar surface area (TPSA) is 78.9 Å². The van der Waals surface area contributed by atoms with Crippen LogP contribution in [0.3, 0.4) is 0 Å². The second-order valence-electron chi connectivity index (χ2n) is 6.44. The highest BCUT2D eigenvalue weighted by molar-refractivity contribution is 5.38. The van der Waals surface area contributed by atoms with Crippen molar-refractivity contribution >= 4 is 0 Å². The van der Waals surface area contributed by atoms with Crippen molar-refractivity contribution in [1.82, 2.24) is 9.78 Å². The van der Waals surface area contributed by atoms with Gasteiger partial charge in [-0.05, 0) is 35.4 Å². The van der Waals surface area contributed by atoms with E-state index in [-0.39, 0.29) is 12.1 Å². The number of nitrogens with zero attached hydrogens (tertiary/aromatic N) is 3. The van der Waals surface area contributed by atoms with Crippen molar-refractivity contribution in [2.45, 2.75) is 59.1 Å². The minimum atomic E-state index is -0.852. The standard InChI is InChI=1S/C20H25N3O2/c1-5-16-17(11-21)20(25)23(22-18(16)6-2)12-19(24)15-9-7-14(8-10-15)13(3)4/h7-10,13,19,24H,5-6,12H2,1-4H3/t19-/m1/s1. The first-order chi connectivity index (χ1) is 11.9. The van der Waals surface area contributed by atoms with E-state index < -0.39 is 11.7 Å². The highest BCUT2D eigenvalue weighted by atomic mass is 16.3. The van der Waals surface area contributed by atoms with Gasteiger partial charge in [0.2, 0.25) is 0 Å². The summed E-state index contributed by atoms with van der Waals surface area (Å²) in [5.74, 6) is 0.419. The van der Waals surface area contributed by atoms with Gasteiger partial charge in [-0.25, -0.2) is 4.68 Å². The molecule has 5 heteroatoms. The number of benzene rings is 1. The molecule has 0 aliphatic heterocycles. The minimum absolute atomic E-state index is 0.0333. The lowest BCUT2D eigenvalue weighted by Crippen LogP contribution is -2.30. The van der Waals surface area contributed by atoms with Crippen molar-refractivity contribution in [3.8, 4) is 6.07 Å². The number of aliphatic hydroxyl groups is 1. The van der Waals surface area contributed by atoms with Crippen LogP contribution in [0, 0.1) is 11.3 Å². The average Bonchev–Trinajstić information content (AvgIpc) is 2.62. The number of nitriles is 1. The van der Waals surface area contributed by atoms with E-state index in [1.807, 2.05) is 44.2 Å². The van der Waals surface area contributed by atoms with Gasteiger partial charge in [-0.2, -0.15) is 10.4 Å². The lowest BCUT2D eigenvalue weighted by molar-refractivity contribution is 0.149. The zero-order valence-corrected chi connectivity index (χ0v) is 15.3. The van der Waals surface area contributed by atoms with Crippen LogP contribution in [-0.4, -0.2) is 14.9 Å². The van der Waals surface area contributed by atoms with E-state index in [9.17, 15) is 15.2 Å². The van der Waals surface area contributed by atoms with Crippen molar-refractivity contribution < 1.29 is 5.11 Å². The molecule has 1 aromatic carbocycles. The van der Waals surface area contributed by atoms with E-state index in [2.05, 4.69) is 18.9 Å². The normalized spacial score (nSPS) is 12.2. The third-order valence-corrected chi connectivity index (χ3v) is 4.47. The summed E-state index contributed by atoms with van der Waals surface area (Å²) in [7, 11) is 0. The van der Waals surface area contributed by atoms with Crippen LogP contribution in [0.1, 0.15) is 67.7 Å². The molecule has 0 fully saturated rings. The molecule has 0 unspecified atom stereocenters. The lowest BCUT2D eigenvalue weighted by Gasteiger charge is -2.16. The largest absolute Gasteiger partial charge is 0.386 e. The minimum Gasteiger partial charge on any atom is -0.386 e. The first-order valence-corrected chi connectivity index (χ1v) is 8.73. The molecule has 1 atom stereocenters. The fraction of sp³-hybridized carbons (Fsp3) is 0.450. The second-order valence-corrected chi connectivity index (χ2v) is 6.44. The number of rotatable bonds is 6. The molecule has 1 heterocycles. The van der Waals surface area contributed by atoms with E-state index in [0.29, 0.717) is 24.3 Å². The number of aryl methyl sites for hydroxylation is 1. The molecule has 2 rings (SSSR count). The molecule has 0 radical (unpaired) electrons. The molecular weight excluding hydrogens is 314 g/mol. The molecule has 132 valence electrons. The average molecular weight is 339 g/mol. The Kier molecular flexibility index (Phi) is 6.11. The van der Waals surface area contributed by atoms with E-state index in [0.717, 1.165) is 11.3 Å². The molecule has 2 aromatic rings. The van der Waals surface area contributed by atoms with Gasteiger partial charge in [0.1, 0.15) is 11.6 Å². The van der Waals surface area contributed by atoms with Gasteiger partial charge >= 0.3 is 0 Å². The molecule has 0 aliphatic rings. The van der Waals surface area contributed by atoms with Crippen LogP contribution >= 0.6 is 0 Å². The summed E-state index contributed by atoms with van der Waals surface area (Å²) in [6, 6.07) is 9.72. The predicted molar refractivity (Wildman–Crippen MR) is 97.5 cm³/mol. The fourth-order valence-electron chi connectivity index (χ4n) is 2.93. The second kappa shape index (κ2) is 8.09. The first-order valence-electron chi connectivity index (χ1n) is 8.73. The Morgan fingerprint density at radius 2 is 1.76 bits per heavy atom. The Hall–Kier alpha value is -2.45.